The van der Waals surface area contributed by atoms with E-state index >= 15 is 0 Å². The molecule has 0 aliphatic heterocycles. The molecule has 7 N–H and O–H groups in total. The van der Waals surface area contributed by atoms with E-state index < -0.39 is 41.6 Å². The van der Waals surface area contributed by atoms with Crippen molar-refractivity contribution in [2.45, 2.75) is 12.2 Å². The van der Waals surface area contributed by atoms with Crippen molar-refractivity contribution in [3.8, 4) is 23.0 Å². The molecule has 45 heavy (non-hydrogen) atoms. The zero-order valence-electron chi connectivity index (χ0n) is 23.4. The molecule has 15 heteroatoms. The number of nitrogens with one attached hydrogen (secondary N) is 4. The number of anilines is 1. The lowest BCUT2D eigenvalue weighted by atomic mass is 10.0. The number of amides is 2. The van der Waals surface area contributed by atoms with E-state index in [1.165, 1.54) is 60.7 Å². The van der Waals surface area contributed by atoms with E-state index in [2.05, 4.69) is 34.1 Å². The number of alkyl halides is 3. The Balaban J connectivity index is 2.00. The number of phenolic OH excluding ortho intramolecular Hbond substituents is 1. The maximum absolute atomic E-state index is 13.5. The molecule has 0 aliphatic carbocycles. The third-order valence-corrected chi connectivity index (χ3v) is 5.72. The smallest absolute Gasteiger partial charge is 0.491 e. The number of halogens is 3. The Morgan fingerprint density at radius 3 is 2.16 bits per heavy atom. The minimum Gasteiger partial charge on any atom is -0.508 e. The lowest BCUT2D eigenvalue weighted by Gasteiger charge is -2.22. The number of hydrogen-bond acceptors (Lipinski definition) is 9. The molecular weight excluding hydrogens is 599 g/mol. The van der Waals surface area contributed by atoms with E-state index in [0.29, 0.717) is 5.75 Å². The number of nitrogen functional groups attached to an aromatic ring is 1. The van der Waals surface area contributed by atoms with Crippen molar-refractivity contribution in [2.75, 3.05) is 18.5 Å². The van der Waals surface area contributed by atoms with Gasteiger partial charge in [-0.15, -0.1) is 0 Å². The fourth-order valence-electron chi connectivity index (χ4n) is 3.65. The summed E-state index contributed by atoms with van der Waals surface area (Å²) < 4.78 is 54.5. The molecule has 0 heterocycles. The van der Waals surface area contributed by atoms with E-state index in [0.717, 1.165) is 12.1 Å². The summed E-state index contributed by atoms with van der Waals surface area (Å²) in [5, 5.41) is 19.9. The molecule has 0 aromatic heterocycles. The summed E-state index contributed by atoms with van der Waals surface area (Å²) in [5.74, 6) is -5.08. The number of carbonyl (C=O) groups excluding carboxylic acids is 3. The van der Waals surface area contributed by atoms with Crippen LogP contribution in [0.15, 0.2) is 86.0 Å². The molecule has 236 valence electrons. The second-order valence-corrected chi connectivity index (χ2v) is 8.99. The fraction of sp³-hybridized carbons (Fsp3) is 0.133. The Bertz CT molecular complexity index is 1590. The van der Waals surface area contributed by atoms with Gasteiger partial charge in [0.1, 0.15) is 36.6 Å². The number of hydrogen-bond donors (Lipinski definition) is 6. The van der Waals surface area contributed by atoms with Gasteiger partial charge in [0.15, 0.2) is 11.5 Å². The van der Waals surface area contributed by atoms with Crippen LogP contribution in [-0.2, 0) is 9.59 Å². The molecule has 3 aromatic carbocycles. The van der Waals surface area contributed by atoms with Crippen molar-refractivity contribution in [3.63, 3.8) is 0 Å². The molecule has 3 aromatic rings. The monoisotopic (exact) mass is 627 g/mol. The van der Waals surface area contributed by atoms with Crippen molar-refractivity contribution in [1.29, 1.82) is 5.41 Å². The predicted molar refractivity (Wildman–Crippen MR) is 157 cm³/mol. The van der Waals surface area contributed by atoms with Crippen LogP contribution in [0, 0.1) is 5.41 Å². The van der Waals surface area contributed by atoms with Gasteiger partial charge in [-0.25, -0.2) is 4.79 Å². The molecule has 1 atom stereocenters. The van der Waals surface area contributed by atoms with Crippen LogP contribution < -0.4 is 36.1 Å². The molecule has 2 amide bonds. The Morgan fingerprint density at radius 2 is 1.56 bits per heavy atom. The van der Waals surface area contributed by atoms with Crippen LogP contribution in [0.1, 0.15) is 27.5 Å². The largest absolute Gasteiger partial charge is 0.508 e. The van der Waals surface area contributed by atoms with Crippen molar-refractivity contribution < 1.29 is 46.9 Å². The highest BCUT2D eigenvalue weighted by molar-refractivity contribution is 5.99. The Labute approximate surface area is 254 Å². The van der Waals surface area contributed by atoms with E-state index in [1.807, 2.05) is 0 Å². The average Bonchev–Trinajstić information content (AvgIpc) is 3.00. The van der Waals surface area contributed by atoms with Gasteiger partial charge in [0.05, 0.1) is 5.56 Å². The first-order valence-electron chi connectivity index (χ1n) is 12.9. The summed E-state index contributed by atoms with van der Waals surface area (Å²) >= 11 is 0. The summed E-state index contributed by atoms with van der Waals surface area (Å²) in [7, 11) is 0. The third kappa shape index (κ3) is 9.25. The summed E-state index contributed by atoms with van der Waals surface area (Å²) in [6.07, 6.45) is -2.36. The zero-order valence-corrected chi connectivity index (χ0v) is 23.4. The summed E-state index contributed by atoms with van der Waals surface area (Å²) in [4.78, 5) is 37.6. The molecule has 0 saturated heterocycles. The SMILES string of the molecule is C=CCOc1ccc(C(Nc2ccc(C(=N)N)c(OC(=O)C(F)(F)F)c2)C(=O)NNC(=O)c2ccc(O)cc2)cc1OCC=C. The molecule has 1 unspecified atom stereocenters. The number of carbonyl (C=O) groups is 3. The average molecular weight is 628 g/mol. The number of amidine groups is 1. The first-order chi connectivity index (χ1) is 21.3. The summed E-state index contributed by atoms with van der Waals surface area (Å²) in [6.45, 7) is 7.40. The van der Waals surface area contributed by atoms with Crippen molar-refractivity contribution in [3.05, 3.63) is 103 Å². The Kier molecular flexibility index (Phi) is 11.1. The van der Waals surface area contributed by atoms with Gasteiger partial charge in [-0.3, -0.25) is 25.8 Å². The van der Waals surface area contributed by atoms with Gasteiger partial charge in [0.25, 0.3) is 11.8 Å². The molecule has 0 radical (unpaired) electrons. The van der Waals surface area contributed by atoms with Crippen LogP contribution in [0.3, 0.4) is 0 Å². The van der Waals surface area contributed by atoms with E-state index in [9.17, 15) is 32.7 Å². The van der Waals surface area contributed by atoms with Crippen molar-refractivity contribution in [1.82, 2.24) is 10.9 Å². The highest BCUT2D eigenvalue weighted by Gasteiger charge is 2.42. The van der Waals surface area contributed by atoms with Gasteiger partial charge >= 0.3 is 12.1 Å². The van der Waals surface area contributed by atoms with Crippen LogP contribution in [0.4, 0.5) is 18.9 Å². The van der Waals surface area contributed by atoms with Crippen LogP contribution >= 0.6 is 0 Å². The second-order valence-electron chi connectivity index (χ2n) is 8.99. The number of phenols is 1. The van der Waals surface area contributed by atoms with Gasteiger partial charge in [0, 0.05) is 17.3 Å². The van der Waals surface area contributed by atoms with Gasteiger partial charge in [-0.05, 0) is 54.1 Å². The topological polar surface area (TPSA) is 185 Å². The quantitative estimate of drug-likeness (QED) is 0.0409. The molecular formula is C30H28F3N5O7. The first kappa shape index (κ1) is 33.5. The highest BCUT2D eigenvalue weighted by atomic mass is 19.4. The van der Waals surface area contributed by atoms with Crippen molar-refractivity contribution >= 4 is 29.3 Å². The summed E-state index contributed by atoms with van der Waals surface area (Å²) in [6, 6.07) is 11.6. The van der Waals surface area contributed by atoms with Crippen LogP contribution in [0.5, 0.6) is 23.0 Å². The molecule has 3 rings (SSSR count). The van der Waals surface area contributed by atoms with Gasteiger partial charge in [-0.2, -0.15) is 13.2 Å². The second kappa shape index (κ2) is 15.0. The number of ether oxygens (including phenoxy) is 3. The molecule has 0 bridgehead atoms. The first-order valence-corrected chi connectivity index (χ1v) is 12.9. The lowest BCUT2D eigenvalue weighted by Crippen LogP contribution is -2.45. The van der Waals surface area contributed by atoms with Crippen LogP contribution in [-0.4, -0.2) is 48.1 Å². The minimum absolute atomic E-state index is 0.0319. The highest BCUT2D eigenvalue weighted by Crippen LogP contribution is 2.33. The van der Waals surface area contributed by atoms with Gasteiger partial charge in [-0.1, -0.05) is 31.4 Å². The number of hydrazine groups is 1. The van der Waals surface area contributed by atoms with E-state index in [-0.39, 0.29) is 47.1 Å². The Morgan fingerprint density at radius 1 is 0.911 bits per heavy atom. The third-order valence-electron chi connectivity index (χ3n) is 5.72. The fourth-order valence-corrected chi connectivity index (χ4v) is 3.65. The van der Waals surface area contributed by atoms with Crippen molar-refractivity contribution in [2.24, 2.45) is 5.73 Å². The van der Waals surface area contributed by atoms with Gasteiger partial charge < -0.3 is 30.4 Å². The Hall–Kier alpha value is -5.99. The maximum Gasteiger partial charge on any atom is 0.491 e. The molecule has 0 fully saturated rings. The number of esters is 1. The van der Waals surface area contributed by atoms with Crippen LogP contribution in [0.2, 0.25) is 0 Å². The summed E-state index contributed by atoms with van der Waals surface area (Å²) in [5.41, 5.74) is 9.96. The molecule has 0 aliphatic rings. The standard InChI is InChI=1S/C30H28F3N5O7/c1-3-13-43-22-12-7-18(15-24(22)44-14-4-2)25(28(41)38-37-27(40)17-5-9-20(39)10-6-17)36-19-8-11-21(26(34)35)23(16-19)45-29(42)30(31,32)33/h3-12,15-16,25,36,39H,1-2,13-14H2,(H3,34,35)(H,37,40)(H,38,41). The minimum atomic E-state index is -5.34. The van der Waals surface area contributed by atoms with Crippen LogP contribution in [0.25, 0.3) is 0 Å². The number of aromatic hydroxyl groups is 1. The van der Waals surface area contributed by atoms with E-state index in [1.54, 1.807) is 0 Å². The zero-order chi connectivity index (χ0) is 33.1. The lowest BCUT2D eigenvalue weighted by molar-refractivity contribution is -0.189. The van der Waals surface area contributed by atoms with Gasteiger partial charge in [0.2, 0.25) is 0 Å². The molecule has 12 nitrogen and oxygen atoms in total. The molecule has 0 spiro atoms. The van der Waals surface area contributed by atoms with E-state index in [4.69, 9.17) is 20.6 Å². The predicted octanol–water partition coefficient (Wildman–Crippen LogP) is 3.89. The number of nitrogens with two attached hydrogens (primary N) is 1. The number of rotatable bonds is 13. The maximum atomic E-state index is 13.5. The molecule has 0 saturated carbocycles. The normalized spacial score (nSPS) is 11.4. The number of benzene rings is 3.